The van der Waals surface area contributed by atoms with E-state index < -0.39 is 0 Å². The van der Waals surface area contributed by atoms with Crippen molar-refractivity contribution in [1.82, 2.24) is 4.90 Å². The third-order valence-corrected chi connectivity index (χ3v) is 4.14. The predicted octanol–water partition coefficient (Wildman–Crippen LogP) is 3.00. The van der Waals surface area contributed by atoms with Gasteiger partial charge in [-0.25, -0.2) is 0 Å². The third-order valence-electron chi connectivity index (χ3n) is 4.14. The lowest BCUT2D eigenvalue weighted by atomic mass is 9.95. The van der Waals surface area contributed by atoms with Gasteiger partial charge in [0.2, 0.25) is 0 Å². The van der Waals surface area contributed by atoms with E-state index in [-0.39, 0.29) is 17.6 Å². The van der Waals surface area contributed by atoms with Gasteiger partial charge in [0.1, 0.15) is 0 Å². The first kappa shape index (κ1) is 17.4. The second-order valence-electron chi connectivity index (χ2n) is 6.28. The van der Waals surface area contributed by atoms with E-state index in [1.807, 2.05) is 6.92 Å². The van der Waals surface area contributed by atoms with Crippen molar-refractivity contribution in [2.24, 2.45) is 0 Å². The molecule has 1 aliphatic rings. The average molecular weight is 285 g/mol. The van der Waals surface area contributed by atoms with Crippen molar-refractivity contribution in [3.63, 3.8) is 0 Å². The number of carbonyl (C=O) groups is 1. The van der Waals surface area contributed by atoms with Gasteiger partial charge >= 0.3 is 5.97 Å². The molecule has 0 aromatic carbocycles. The number of nitrogens with zero attached hydrogens (tertiary/aromatic N) is 1. The van der Waals surface area contributed by atoms with Crippen molar-refractivity contribution in [2.45, 2.75) is 70.9 Å². The van der Waals surface area contributed by atoms with Crippen LogP contribution in [0.5, 0.6) is 0 Å². The fourth-order valence-corrected chi connectivity index (χ4v) is 2.85. The minimum atomic E-state index is -0.205. The molecule has 4 heteroatoms. The van der Waals surface area contributed by atoms with Gasteiger partial charge in [-0.2, -0.15) is 0 Å². The van der Waals surface area contributed by atoms with E-state index in [4.69, 9.17) is 9.47 Å². The molecule has 1 saturated heterocycles. The molecule has 1 rings (SSSR count). The molecule has 0 aromatic heterocycles. The first-order chi connectivity index (χ1) is 9.48. The van der Waals surface area contributed by atoms with Crippen LogP contribution in [0, 0.1) is 0 Å². The highest BCUT2D eigenvalue weighted by Crippen LogP contribution is 2.24. The maximum Gasteiger partial charge on any atom is 0.307 e. The minimum Gasteiger partial charge on any atom is -0.466 e. The molecule has 1 aliphatic heterocycles. The fraction of sp³-hybridized carbons (Fsp3) is 0.938. The molecule has 1 fully saturated rings. The van der Waals surface area contributed by atoms with Crippen molar-refractivity contribution in [3.8, 4) is 0 Å². The van der Waals surface area contributed by atoms with Crippen LogP contribution >= 0.6 is 0 Å². The molecule has 0 saturated carbocycles. The Balaban J connectivity index is 2.68. The topological polar surface area (TPSA) is 38.8 Å². The monoisotopic (exact) mass is 285 g/mol. The summed E-state index contributed by atoms with van der Waals surface area (Å²) in [6.45, 7) is 8.66. The summed E-state index contributed by atoms with van der Waals surface area (Å²) in [5.74, 6) is -0.0892. The Hall–Kier alpha value is -0.610. The number of methoxy groups -OCH3 is 1. The fourth-order valence-electron chi connectivity index (χ4n) is 2.85. The van der Waals surface area contributed by atoms with Crippen LogP contribution in [-0.4, -0.2) is 49.3 Å². The Labute approximate surface area is 123 Å². The van der Waals surface area contributed by atoms with Gasteiger partial charge in [0.25, 0.3) is 0 Å². The van der Waals surface area contributed by atoms with E-state index in [0.29, 0.717) is 13.0 Å². The Morgan fingerprint density at radius 2 is 1.80 bits per heavy atom. The van der Waals surface area contributed by atoms with Crippen LogP contribution in [0.4, 0.5) is 0 Å². The quantitative estimate of drug-likeness (QED) is 0.674. The second kappa shape index (κ2) is 8.63. The molecule has 4 nitrogen and oxygen atoms in total. The highest BCUT2D eigenvalue weighted by molar-refractivity contribution is 5.70. The van der Waals surface area contributed by atoms with Crippen LogP contribution in [0.1, 0.15) is 59.3 Å². The lowest BCUT2D eigenvalue weighted by Crippen LogP contribution is -2.43. The lowest BCUT2D eigenvalue weighted by molar-refractivity contribution is -0.145. The number of hydrogen-bond donors (Lipinski definition) is 0. The van der Waals surface area contributed by atoms with Gasteiger partial charge in [0.05, 0.1) is 18.6 Å². The summed E-state index contributed by atoms with van der Waals surface area (Å²) in [5.41, 5.74) is -0.205. The minimum absolute atomic E-state index is 0.0892. The normalized spacial score (nSPS) is 19.4. The van der Waals surface area contributed by atoms with Crippen LogP contribution in [0.2, 0.25) is 0 Å². The van der Waals surface area contributed by atoms with Crippen LogP contribution in [-0.2, 0) is 14.3 Å². The molecule has 0 aromatic rings. The third kappa shape index (κ3) is 6.23. The zero-order valence-corrected chi connectivity index (χ0v) is 13.6. The van der Waals surface area contributed by atoms with Gasteiger partial charge in [-0.05, 0) is 53.1 Å². The summed E-state index contributed by atoms with van der Waals surface area (Å²) >= 11 is 0. The number of ether oxygens (including phenoxy) is 2. The molecule has 0 amide bonds. The van der Waals surface area contributed by atoms with E-state index in [2.05, 4.69) is 18.7 Å². The molecule has 0 spiro atoms. The van der Waals surface area contributed by atoms with Gasteiger partial charge in [-0.3, -0.25) is 9.69 Å². The number of hydrogen-bond acceptors (Lipinski definition) is 4. The van der Waals surface area contributed by atoms with Gasteiger partial charge in [0.15, 0.2) is 0 Å². The largest absolute Gasteiger partial charge is 0.466 e. The Morgan fingerprint density at radius 1 is 1.20 bits per heavy atom. The van der Waals surface area contributed by atoms with Gasteiger partial charge in [-0.15, -0.1) is 0 Å². The molecule has 1 atom stereocenters. The van der Waals surface area contributed by atoms with E-state index in [1.165, 1.54) is 25.7 Å². The molecule has 118 valence electrons. The summed E-state index contributed by atoms with van der Waals surface area (Å²) in [6, 6.07) is 0.224. The van der Waals surface area contributed by atoms with Crippen LogP contribution in [0.25, 0.3) is 0 Å². The molecule has 1 heterocycles. The van der Waals surface area contributed by atoms with Crippen LogP contribution in [0.3, 0.4) is 0 Å². The van der Waals surface area contributed by atoms with Crippen molar-refractivity contribution in [2.75, 3.05) is 26.8 Å². The summed E-state index contributed by atoms with van der Waals surface area (Å²) in [6.07, 6.45) is 6.40. The average Bonchev–Trinajstić information content (AvgIpc) is 2.67. The smallest absolute Gasteiger partial charge is 0.307 e. The molecule has 1 unspecified atom stereocenters. The highest BCUT2D eigenvalue weighted by Gasteiger charge is 2.29. The molecular weight excluding hydrogens is 254 g/mol. The summed E-state index contributed by atoms with van der Waals surface area (Å²) in [4.78, 5) is 14.3. The van der Waals surface area contributed by atoms with Gasteiger partial charge < -0.3 is 9.47 Å². The van der Waals surface area contributed by atoms with E-state index in [0.717, 1.165) is 19.5 Å². The zero-order chi connectivity index (χ0) is 15.0. The number of likely N-dealkylation sites (tertiary alicyclic amines) is 1. The van der Waals surface area contributed by atoms with Crippen LogP contribution in [0.15, 0.2) is 0 Å². The molecule has 0 radical (unpaired) electrons. The molecule has 0 bridgehead atoms. The summed E-state index contributed by atoms with van der Waals surface area (Å²) in [5, 5.41) is 0. The molecular formula is C16H31NO3. The standard InChI is InChI=1S/C16H31NO3/c1-5-20-15(18)12-14(13-16(2,3)19-4)17-10-8-6-7-9-11-17/h14H,5-13H2,1-4H3. The summed E-state index contributed by atoms with van der Waals surface area (Å²) < 4.78 is 10.7. The lowest BCUT2D eigenvalue weighted by Gasteiger charge is -2.35. The second-order valence-corrected chi connectivity index (χ2v) is 6.28. The van der Waals surface area contributed by atoms with E-state index in [9.17, 15) is 4.79 Å². The van der Waals surface area contributed by atoms with Gasteiger partial charge in [-0.1, -0.05) is 12.8 Å². The van der Waals surface area contributed by atoms with Gasteiger partial charge in [0, 0.05) is 13.2 Å². The maximum atomic E-state index is 11.9. The van der Waals surface area contributed by atoms with E-state index >= 15 is 0 Å². The molecule has 0 N–H and O–H groups in total. The van der Waals surface area contributed by atoms with E-state index in [1.54, 1.807) is 7.11 Å². The maximum absolute atomic E-state index is 11.9. The zero-order valence-electron chi connectivity index (χ0n) is 13.6. The molecule has 20 heavy (non-hydrogen) atoms. The van der Waals surface area contributed by atoms with Crippen molar-refractivity contribution in [1.29, 1.82) is 0 Å². The van der Waals surface area contributed by atoms with Crippen LogP contribution < -0.4 is 0 Å². The first-order valence-electron chi connectivity index (χ1n) is 7.93. The number of rotatable bonds is 7. The van der Waals surface area contributed by atoms with Crippen molar-refractivity contribution >= 4 is 5.97 Å². The summed E-state index contributed by atoms with van der Waals surface area (Å²) in [7, 11) is 1.74. The Bertz CT molecular complexity index is 283. The number of esters is 1. The Kier molecular flexibility index (Phi) is 7.52. The molecule has 0 aliphatic carbocycles. The first-order valence-corrected chi connectivity index (χ1v) is 7.93. The van der Waals surface area contributed by atoms with Crippen molar-refractivity contribution in [3.05, 3.63) is 0 Å². The van der Waals surface area contributed by atoms with Crippen molar-refractivity contribution < 1.29 is 14.3 Å². The number of carbonyl (C=O) groups excluding carboxylic acids is 1. The Morgan fingerprint density at radius 3 is 2.30 bits per heavy atom. The predicted molar refractivity (Wildman–Crippen MR) is 80.8 cm³/mol. The SMILES string of the molecule is CCOC(=O)CC(CC(C)(C)OC)N1CCCCCC1. The highest BCUT2D eigenvalue weighted by atomic mass is 16.5.